The normalized spacial score (nSPS) is 10.7. The molecule has 2 heterocycles. The Labute approximate surface area is 175 Å². The Kier molecular flexibility index (Phi) is 6.95. The van der Waals surface area contributed by atoms with Gasteiger partial charge in [-0.1, -0.05) is 11.6 Å². The molecule has 28 heavy (non-hydrogen) atoms. The molecule has 0 radical (unpaired) electrons. The number of nitrogens with zero attached hydrogens (tertiary/aromatic N) is 3. The average Bonchev–Trinajstić information content (AvgIpc) is 3.34. The molecule has 3 rings (SSSR count). The fourth-order valence-electron chi connectivity index (χ4n) is 2.84. The smallest absolute Gasteiger partial charge is 0.173 e. The summed E-state index contributed by atoms with van der Waals surface area (Å²) in [5.41, 5.74) is 0.770. The van der Waals surface area contributed by atoms with Gasteiger partial charge in [-0.3, -0.25) is 0 Å². The molecule has 0 saturated heterocycles. The van der Waals surface area contributed by atoms with Crippen molar-refractivity contribution in [1.29, 1.82) is 0 Å². The minimum absolute atomic E-state index is 0.583. The number of aromatic nitrogens is 2. The lowest BCUT2D eigenvalue weighted by Gasteiger charge is -2.25. The number of methoxy groups -OCH3 is 1. The van der Waals surface area contributed by atoms with Crippen molar-refractivity contribution in [2.75, 3.05) is 19.0 Å². The lowest BCUT2D eigenvalue weighted by molar-refractivity contribution is 0.348. The number of hydrogen-bond donors (Lipinski definition) is 1. The second kappa shape index (κ2) is 9.61. The highest BCUT2D eigenvalue weighted by molar-refractivity contribution is 7.80. The first-order chi connectivity index (χ1) is 13.5. The molecule has 0 saturated carbocycles. The van der Waals surface area contributed by atoms with Crippen LogP contribution in [-0.2, 0) is 13.1 Å². The summed E-state index contributed by atoms with van der Waals surface area (Å²) >= 11 is 11.7. The molecule has 0 unspecified atom stereocenters. The van der Waals surface area contributed by atoms with Gasteiger partial charge in [-0.2, -0.15) is 0 Å². The van der Waals surface area contributed by atoms with Crippen molar-refractivity contribution in [3.8, 4) is 5.75 Å². The molecular weight excluding hydrogens is 396 g/mol. The van der Waals surface area contributed by atoms with Gasteiger partial charge in [0.25, 0.3) is 0 Å². The Morgan fingerprint density at radius 2 is 2.21 bits per heavy atom. The molecule has 3 aromatic rings. The van der Waals surface area contributed by atoms with Gasteiger partial charge >= 0.3 is 0 Å². The molecule has 0 atom stereocenters. The average molecular weight is 419 g/mol. The van der Waals surface area contributed by atoms with Crippen molar-refractivity contribution in [3.63, 3.8) is 0 Å². The van der Waals surface area contributed by atoms with Gasteiger partial charge in [0.1, 0.15) is 17.3 Å². The van der Waals surface area contributed by atoms with Gasteiger partial charge in [-0.15, -0.1) is 0 Å². The van der Waals surface area contributed by atoms with Gasteiger partial charge in [-0.05, 0) is 49.8 Å². The van der Waals surface area contributed by atoms with Crippen molar-refractivity contribution < 1.29 is 9.15 Å². The highest BCUT2D eigenvalue weighted by Gasteiger charge is 2.15. The minimum atomic E-state index is 0.583. The summed E-state index contributed by atoms with van der Waals surface area (Å²) in [6.07, 6.45) is 6.46. The Bertz CT molecular complexity index is 911. The van der Waals surface area contributed by atoms with Crippen LogP contribution in [0.25, 0.3) is 0 Å². The molecule has 0 fully saturated rings. The topological polar surface area (TPSA) is 55.5 Å². The number of ether oxygens (including phenoxy) is 1. The summed E-state index contributed by atoms with van der Waals surface area (Å²) in [7, 11) is 1.61. The summed E-state index contributed by atoms with van der Waals surface area (Å²) in [4.78, 5) is 6.16. The number of nitrogens with one attached hydrogen (secondary N) is 1. The fourth-order valence-corrected chi connectivity index (χ4v) is 3.26. The van der Waals surface area contributed by atoms with Gasteiger partial charge < -0.3 is 23.9 Å². The maximum Gasteiger partial charge on any atom is 0.173 e. The summed E-state index contributed by atoms with van der Waals surface area (Å²) in [6.45, 7) is 4.14. The van der Waals surface area contributed by atoms with E-state index in [9.17, 15) is 0 Å². The Morgan fingerprint density at radius 3 is 2.89 bits per heavy atom. The summed E-state index contributed by atoms with van der Waals surface area (Å²) < 4.78 is 13.2. The first kappa shape index (κ1) is 20.2. The number of hydrogen-bond acceptors (Lipinski definition) is 4. The molecule has 0 aliphatic rings. The fraction of sp³-hybridized carbons (Fsp3) is 0.300. The number of furan rings is 1. The van der Waals surface area contributed by atoms with E-state index >= 15 is 0 Å². The Balaban J connectivity index is 1.69. The predicted octanol–water partition coefficient (Wildman–Crippen LogP) is 4.74. The van der Waals surface area contributed by atoms with Crippen LogP contribution in [0.5, 0.6) is 5.75 Å². The van der Waals surface area contributed by atoms with Gasteiger partial charge in [0.05, 0.1) is 25.7 Å². The van der Waals surface area contributed by atoms with E-state index in [1.54, 1.807) is 25.4 Å². The van der Waals surface area contributed by atoms with Crippen LogP contribution in [0.1, 0.15) is 17.9 Å². The number of halogens is 1. The standard InChI is InChI=1S/C20H23ClN4O2S/c1-15-4-6-17(27-15)13-25(10-3-9-24-11-8-22-14-24)20(28)23-18-7-5-16(21)12-19(18)26-2/h4-8,11-12,14H,3,9-10,13H2,1-2H3,(H,23,28). The monoisotopic (exact) mass is 418 g/mol. The maximum atomic E-state index is 6.05. The minimum Gasteiger partial charge on any atom is -0.495 e. The molecule has 0 aliphatic carbocycles. The van der Waals surface area contributed by atoms with E-state index in [-0.39, 0.29) is 0 Å². The molecular formula is C20H23ClN4O2S. The highest BCUT2D eigenvalue weighted by atomic mass is 35.5. The molecule has 2 aromatic heterocycles. The van der Waals surface area contributed by atoms with Gasteiger partial charge in [-0.25, -0.2) is 4.98 Å². The van der Waals surface area contributed by atoms with E-state index in [4.69, 9.17) is 33.0 Å². The van der Waals surface area contributed by atoms with Crippen LogP contribution < -0.4 is 10.1 Å². The van der Waals surface area contributed by atoms with E-state index in [1.807, 2.05) is 42.2 Å². The molecule has 0 bridgehead atoms. The van der Waals surface area contributed by atoms with Crippen molar-refractivity contribution in [2.24, 2.45) is 0 Å². The third kappa shape index (κ3) is 5.50. The largest absolute Gasteiger partial charge is 0.495 e. The van der Waals surface area contributed by atoms with Crippen LogP contribution in [0.4, 0.5) is 5.69 Å². The third-order valence-corrected chi connectivity index (χ3v) is 4.83. The maximum absolute atomic E-state index is 6.05. The molecule has 0 aliphatic heterocycles. The van der Waals surface area contributed by atoms with E-state index in [0.29, 0.717) is 22.4 Å². The van der Waals surface area contributed by atoms with E-state index in [1.165, 1.54) is 0 Å². The number of aryl methyl sites for hydroxylation is 2. The van der Waals surface area contributed by atoms with Gasteiger partial charge in [0.15, 0.2) is 5.11 Å². The second-order valence-corrected chi connectivity index (χ2v) is 7.19. The molecule has 6 nitrogen and oxygen atoms in total. The summed E-state index contributed by atoms with van der Waals surface area (Å²) in [6, 6.07) is 9.34. The van der Waals surface area contributed by atoms with Crippen LogP contribution in [0, 0.1) is 6.92 Å². The SMILES string of the molecule is COc1cc(Cl)ccc1NC(=S)N(CCCn1ccnc1)Cc1ccc(C)o1. The molecule has 1 N–H and O–H groups in total. The first-order valence-electron chi connectivity index (χ1n) is 8.95. The van der Waals surface area contributed by atoms with E-state index in [2.05, 4.69) is 15.2 Å². The lowest BCUT2D eigenvalue weighted by atomic mass is 10.3. The Morgan fingerprint density at radius 1 is 1.36 bits per heavy atom. The predicted molar refractivity (Wildman–Crippen MR) is 115 cm³/mol. The zero-order valence-electron chi connectivity index (χ0n) is 15.9. The van der Waals surface area contributed by atoms with Crippen LogP contribution >= 0.6 is 23.8 Å². The van der Waals surface area contributed by atoms with Crippen molar-refractivity contribution >= 4 is 34.6 Å². The van der Waals surface area contributed by atoms with Crippen molar-refractivity contribution in [1.82, 2.24) is 14.5 Å². The number of benzene rings is 1. The second-order valence-electron chi connectivity index (χ2n) is 6.36. The number of rotatable bonds is 8. The molecule has 0 spiro atoms. The summed E-state index contributed by atoms with van der Waals surface area (Å²) in [5, 5.41) is 4.48. The van der Waals surface area contributed by atoms with E-state index in [0.717, 1.165) is 36.7 Å². The van der Waals surface area contributed by atoms with Crippen molar-refractivity contribution in [3.05, 3.63) is 65.6 Å². The van der Waals surface area contributed by atoms with Crippen LogP contribution in [0.2, 0.25) is 5.02 Å². The molecule has 8 heteroatoms. The van der Waals surface area contributed by atoms with Gasteiger partial charge in [0, 0.05) is 36.6 Å². The molecule has 1 aromatic carbocycles. The molecule has 148 valence electrons. The summed E-state index contributed by atoms with van der Waals surface area (Å²) in [5.74, 6) is 2.39. The quantitative estimate of drug-likeness (QED) is 0.533. The highest BCUT2D eigenvalue weighted by Crippen LogP contribution is 2.28. The number of anilines is 1. The van der Waals surface area contributed by atoms with E-state index < -0.39 is 0 Å². The van der Waals surface area contributed by atoms with Crippen LogP contribution in [0.15, 0.2) is 53.5 Å². The zero-order valence-corrected chi connectivity index (χ0v) is 17.5. The first-order valence-corrected chi connectivity index (χ1v) is 9.74. The van der Waals surface area contributed by atoms with Crippen molar-refractivity contribution in [2.45, 2.75) is 26.4 Å². The van der Waals surface area contributed by atoms with Gasteiger partial charge in [0.2, 0.25) is 0 Å². The molecule has 0 amide bonds. The zero-order chi connectivity index (χ0) is 19.9. The van der Waals surface area contributed by atoms with Crippen LogP contribution in [0.3, 0.4) is 0 Å². The number of imidazole rings is 1. The Hall–Kier alpha value is -2.51. The lowest BCUT2D eigenvalue weighted by Crippen LogP contribution is -2.35. The third-order valence-electron chi connectivity index (χ3n) is 4.24. The van der Waals surface area contributed by atoms with Crippen LogP contribution in [-0.4, -0.2) is 33.2 Å². The number of thiocarbonyl (C=S) groups is 1.